The van der Waals surface area contributed by atoms with Gasteiger partial charge in [0.2, 0.25) is 5.91 Å². The molecule has 0 fully saturated rings. The van der Waals surface area contributed by atoms with E-state index in [4.69, 9.17) is 5.73 Å². The number of rotatable bonds is 6. The number of carbonyl (C=O) groups excluding carboxylic acids is 2. The fourth-order valence-corrected chi connectivity index (χ4v) is 1.99. The van der Waals surface area contributed by atoms with Crippen LogP contribution < -0.4 is 16.4 Å². The van der Waals surface area contributed by atoms with Crippen LogP contribution >= 0.6 is 0 Å². The zero-order valence-corrected chi connectivity index (χ0v) is 13.2. The first kappa shape index (κ1) is 17.2. The molecule has 1 aromatic rings. The average molecular weight is 291 g/mol. The van der Waals surface area contributed by atoms with E-state index in [9.17, 15) is 9.59 Å². The van der Waals surface area contributed by atoms with Crippen molar-refractivity contribution in [1.29, 1.82) is 0 Å². The molecule has 0 aromatic heterocycles. The maximum atomic E-state index is 12.1. The van der Waals surface area contributed by atoms with Gasteiger partial charge in [0.15, 0.2) is 0 Å². The SMILES string of the molecule is CCCC(C)(N)C(=O)Nc1cccc(C(=O)NC(C)C)c1. The lowest BCUT2D eigenvalue weighted by atomic mass is 9.96. The number of carbonyl (C=O) groups is 2. The predicted octanol–water partition coefficient (Wildman–Crippen LogP) is 2.28. The van der Waals surface area contributed by atoms with Gasteiger partial charge in [0, 0.05) is 17.3 Å². The van der Waals surface area contributed by atoms with Crippen molar-refractivity contribution in [3.8, 4) is 0 Å². The van der Waals surface area contributed by atoms with Gasteiger partial charge in [0.1, 0.15) is 0 Å². The molecule has 1 rings (SSSR count). The summed E-state index contributed by atoms with van der Waals surface area (Å²) in [5, 5.41) is 5.59. The second kappa shape index (κ2) is 7.22. The number of hydrogen-bond acceptors (Lipinski definition) is 3. The Morgan fingerprint density at radius 3 is 2.57 bits per heavy atom. The van der Waals surface area contributed by atoms with Crippen molar-refractivity contribution < 1.29 is 9.59 Å². The van der Waals surface area contributed by atoms with Crippen LogP contribution in [-0.2, 0) is 4.79 Å². The van der Waals surface area contributed by atoms with Gasteiger partial charge >= 0.3 is 0 Å². The Kier molecular flexibility index (Phi) is 5.90. The van der Waals surface area contributed by atoms with E-state index in [1.165, 1.54) is 0 Å². The highest BCUT2D eigenvalue weighted by Gasteiger charge is 2.27. The van der Waals surface area contributed by atoms with E-state index >= 15 is 0 Å². The fraction of sp³-hybridized carbons (Fsp3) is 0.500. The van der Waals surface area contributed by atoms with E-state index in [2.05, 4.69) is 10.6 Å². The Hall–Kier alpha value is -1.88. The molecule has 4 N–H and O–H groups in total. The zero-order chi connectivity index (χ0) is 16.0. The predicted molar refractivity (Wildman–Crippen MR) is 85.2 cm³/mol. The van der Waals surface area contributed by atoms with Crippen molar-refractivity contribution in [2.24, 2.45) is 5.73 Å². The van der Waals surface area contributed by atoms with Crippen LogP contribution in [0.4, 0.5) is 5.69 Å². The summed E-state index contributed by atoms with van der Waals surface area (Å²) in [6.07, 6.45) is 1.43. The molecular weight excluding hydrogens is 266 g/mol. The van der Waals surface area contributed by atoms with Gasteiger partial charge in [-0.1, -0.05) is 19.4 Å². The first-order valence-electron chi connectivity index (χ1n) is 7.27. The van der Waals surface area contributed by atoms with Gasteiger partial charge in [-0.3, -0.25) is 9.59 Å². The van der Waals surface area contributed by atoms with Crippen LogP contribution in [0.1, 0.15) is 50.9 Å². The van der Waals surface area contributed by atoms with E-state index in [0.29, 0.717) is 17.7 Å². The van der Waals surface area contributed by atoms with Crippen molar-refractivity contribution in [3.63, 3.8) is 0 Å². The molecule has 5 nitrogen and oxygen atoms in total. The minimum atomic E-state index is -0.912. The Morgan fingerprint density at radius 1 is 1.33 bits per heavy atom. The lowest BCUT2D eigenvalue weighted by Crippen LogP contribution is -2.48. The Labute approximate surface area is 126 Å². The first-order chi connectivity index (χ1) is 9.76. The van der Waals surface area contributed by atoms with Gasteiger partial charge in [-0.25, -0.2) is 0 Å². The van der Waals surface area contributed by atoms with Crippen LogP contribution in [0.15, 0.2) is 24.3 Å². The molecule has 0 aliphatic carbocycles. The molecule has 0 spiro atoms. The zero-order valence-electron chi connectivity index (χ0n) is 13.2. The third kappa shape index (κ3) is 5.19. The highest BCUT2D eigenvalue weighted by Crippen LogP contribution is 2.15. The number of benzene rings is 1. The molecule has 116 valence electrons. The molecule has 0 aliphatic heterocycles. The summed E-state index contributed by atoms with van der Waals surface area (Å²) in [7, 11) is 0. The van der Waals surface area contributed by atoms with Crippen molar-refractivity contribution >= 4 is 17.5 Å². The first-order valence-corrected chi connectivity index (χ1v) is 7.27. The lowest BCUT2D eigenvalue weighted by molar-refractivity contribution is -0.120. The van der Waals surface area contributed by atoms with E-state index < -0.39 is 5.54 Å². The number of hydrogen-bond donors (Lipinski definition) is 3. The van der Waals surface area contributed by atoms with Crippen LogP contribution in [0.25, 0.3) is 0 Å². The largest absolute Gasteiger partial charge is 0.350 e. The monoisotopic (exact) mass is 291 g/mol. The summed E-state index contributed by atoms with van der Waals surface area (Å²) in [5.41, 5.74) is 6.16. The number of nitrogens with two attached hydrogens (primary N) is 1. The van der Waals surface area contributed by atoms with Gasteiger partial charge in [-0.2, -0.15) is 0 Å². The maximum Gasteiger partial charge on any atom is 0.251 e. The molecule has 0 bridgehead atoms. The van der Waals surface area contributed by atoms with E-state index in [1.807, 2.05) is 20.8 Å². The van der Waals surface area contributed by atoms with Gasteiger partial charge in [0.05, 0.1) is 5.54 Å². The summed E-state index contributed by atoms with van der Waals surface area (Å²) in [6.45, 7) is 7.48. The van der Waals surface area contributed by atoms with Gasteiger partial charge < -0.3 is 16.4 Å². The molecule has 0 radical (unpaired) electrons. The van der Waals surface area contributed by atoms with Crippen LogP contribution in [0.3, 0.4) is 0 Å². The minimum absolute atomic E-state index is 0.0626. The number of amides is 2. The summed E-state index contributed by atoms with van der Waals surface area (Å²) in [5.74, 6) is -0.407. The van der Waals surface area contributed by atoms with Crippen molar-refractivity contribution in [3.05, 3.63) is 29.8 Å². The van der Waals surface area contributed by atoms with Crippen molar-refractivity contribution in [1.82, 2.24) is 5.32 Å². The lowest BCUT2D eigenvalue weighted by Gasteiger charge is -2.23. The number of anilines is 1. The highest BCUT2D eigenvalue weighted by molar-refractivity contribution is 6.00. The molecule has 0 aliphatic rings. The van der Waals surface area contributed by atoms with Crippen molar-refractivity contribution in [2.45, 2.75) is 52.1 Å². The van der Waals surface area contributed by atoms with Gasteiger partial charge in [-0.15, -0.1) is 0 Å². The molecule has 0 saturated heterocycles. The summed E-state index contributed by atoms with van der Waals surface area (Å²) in [6, 6.07) is 6.90. The topological polar surface area (TPSA) is 84.2 Å². The van der Waals surface area contributed by atoms with Gasteiger partial charge in [0.25, 0.3) is 5.91 Å². The van der Waals surface area contributed by atoms with E-state index in [1.54, 1.807) is 31.2 Å². The maximum absolute atomic E-state index is 12.1. The average Bonchev–Trinajstić information content (AvgIpc) is 2.38. The molecule has 0 heterocycles. The Bertz CT molecular complexity index is 510. The van der Waals surface area contributed by atoms with E-state index in [-0.39, 0.29) is 17.9 Å². The molecule has 5 heteroatoms. The number of nitrogens with one attached hydrogen (secondary N) is 2. The Balaban J connectivity index is 2.82. The summed E-state index contributed by atoms with van der Waals surface area (Å²) >= 11 is 0. The smallest absolute Gasteiger partial charge is 0.251 e. The minimum Gasteiger partial charge on any atom is -0.350 e. The molecule has 1 atom stereocenters. The second-order valence-electron chi connectivity index (χ2n) is 5.83. The van der Waals surface area contributed by atoms with E-state index in [0.717, 1.165) is 6.42 Å². The standard InChI is InChI=1S/C16H25N3O2/c1-5-9-16(4,17)15(21)19-13-8-6-7-12(10-13)14(20)18-11(2)3/h6-8,10-11H,5,9,17H2,1-4H3,(H,18,20)(H,19,21). The molecule has 2 amide bonds. The normalized spacial score (nSPS) is 13.6. The van der Waals surface area contributed by atoms with Crippen LogP contribution in [0.5, 0.6) is 0 Å². The molecule has 1 aromatic carbocycles. The van der Waals surface area contributed by atoms with Crippen LogP contribution in [0.2, 0.25) is 0 Å². The Morgan fingerprint density at radius 2 is 2.00 bits per heavy atom. The fourth-order valence-electron chi connectivity index (χ4n) is 1.99. The third-order valence-electron chi connectivity index (χ3n) is 3.09. The second-order valence-corrected chi connectivity index (χ2v) is 5.83. The summed E-state index contributed by atoms with van der Waals surface area (Å²) in [4.78, 5) is 24.1. The van der Waals surface area contributed by atoms with Crippen LogP contribution in [-0.4, -0.2) is 23.4 Å². The van der Waals surface area contributed by atoms with Crippen LogP contribution in [0, 0.1) is 0 Å². The van der Waals surface area contributed by atoms with Crippen molar-refractivity contribution in [2.75, 3.05) is 5.32 Å². The summed E-state index contributed by atoms with van der Waals surface area (Å²) < 4.78 is 0. The molecule has 0 saturated carbocycles. The third-order valence-corrected chi connectivity index (χ3v) is 3.09. The quantitative estimate of drug-likeness (QED) is 0.751. The van der Waals surface area contributed by atoms with Gasteiger partial charge in [-0.05, 0) is 45.4 Å². The highest BCUT2D eigenvalue weighted by atomic mass is 16.2. The molecule has 1 unspecified atom stereocenters. The molecular formula is C16H25N3O2. The molecule has 21 heavy (non-hydrogen) atoms.